The van der Waals surface area contributed by atoms with Gasteiger partial charge in [-0.3, -0.25) is 18.6 Å². The Morgan fingerprint density at radius 3 is 1.28 bits per heavy atom. The fraction of sp³-hybridized carbons (Fsp3) is 0.596. The molecule has 0 saturated heterocycles. The summed E-state index contributed by atoms with van der Waals surface area (Å²) in [4.78, 5) is 46.1. The number of carboxylic acid groups (broad SMARTS) is 1. The molecule has 11 nitrogen and oxygen atoms in total. The average Bonchev–Trinajstić information content (AvgIpc) is 3.27. The maximum atomic E-state index is 12.4. The lowest BCUT2D eigenvalue weighted by atomic mass is 10.1. The number of carbonyl (C=O) groups is 3. The Morgan fingerprint density at radius 2 is 0.859 bits per heavy atom. The number of rotatable bonds is 43. The fourth-order valence-electron chi connectivity index (χ4n) is 5.92. The predicted molar refractivity (Wildman–Crippen MR) is 263 cm³/mol. The summed E-state index contributed by atoms with van der Waals surface area (Å²) in [7, 11) is -4.78. The molecule has 0 spiro atoms. The van der Waals surface area contributed by atoms with Crippen LogP contribution in [-0.4, -0.2) is 64.9 Å². The summed E-state index contributed by atoms with van der Waals surface area (Å²) >= 11 is 0. The summed E-state index contributed by atoms with van der Waals surface area (Å²) in [6.45, 7) is 2.33. The van der Waals surface area contributed by atoms with Gasteiger partial charge in [0.15, 0.2) is 6.04 Å². The van der Waals surface area contributed by atoms with E-state index in [9.17, 15) is 34.1 Å². The van der Waals surface area contributed by atoms with Crippen LogP contribution in [0.1, 0.15) is 168 Å². The van der Waals surface area contributed by atoms with Gasteiger partial charge in [-0.1, -0.05) is 168 Å². The number of carboxylic acids is 1. The zero-order valence-corrected chi connectivity index (χ0v) is 40.2. The molecule has 0 aromatic rings. The molecule has 0 bridgehead atoms. The first-order valence-corrected chi connectivity index (χ1v) is 25.4. The Morgan fingerprint density at radius 1 is 0.500 bits per heavy atom. The van der Waals surface area contributed by atoms with Crippen molar-refractivity contribution in [1.82, 2.24) is 5.32 Å². The highest BCUT2D eigenvalue weighted by molar-refractivity contribution is 7.47. The molecule has 0 saturated carbocycles. The van der Waals surface area contributed by atoms with Crippen molar-refractivity contribution in [2.75, 3.05) is 19.8 Å². The number of aliphatic hydroxyl groups excluding tert-OH is 1. The molecule has 1 amide bonds. The number of phosphoric acid groups is 1. The Labute approximate surface area is 386 Å². The molecule has 3 atom stereocenters. The number of aliphatic carboxylic acids is 1. The highest BCUT2D eigenvalue weighted by atomic mass is 31.2. The molecular weight excluding hydrogens is 830 g/mol. The second-order valence-corrected chi connectivity index (χ2v) is 17.0. The molecule has 64 heavy (non-hydrogen) atoms. The first-order chi connectivity index (χ1) is 31.1. The number of amides is 1. The third-order valence-corrected chi connectivity index (χ3v) is 10.5. The van der Waals surface area contributed by atoms with Crippen LogP contribution in [0.2, 0.25) is 0 Å². The van der Waals surface area contributed by atoms with Crippen molar-refractivity contribution in [2.45, 2.75) is 180 Å². The molecule has 0 aliphatic heterocycles. The van der Waals surface area contributed by atoms with Crippen molar-refractivity contribution in [3.05, 3.63) is 109 Å². The number of aliphatic hydroxyl groups is 1. The maximum absolute atomic E-state index is 12.4. The SMILES string of the molecule is CC/C=C\C/C=C\C/C=C\C/C=C\C/C=C\C/C=C\CCCCCCC(=O)NC(COP(=O)(O)OCC(O)COC(=O)CCCCCCCCC/C=C\C/C=C\C/C=C\CC)C(=O)O. The van der Waals surface area contributed by atoms with Crippen LogP contribution >= 0.6 is 7.82 Å². The number of nitrogens with one attached hydrogen (secondary N) is 1. The van der Waals surface area contributed by atoms with Crippen molar-refractivity contribution in [2.24, 2.45) is 0 Å². The van der Waals surface area contributed by atoms with E-state index in [4.69, 9.17) is 13.8 Å². The molecule has 0 aliphatic rings. The predicted octanol–water partition coefficient (Wildman–Crippen LogP) is 13.0. The van der Waals surface area contributed by atoms with E-state index in [0.29, 0.717) is 12.8 Å². The van der Waals surface area contributed by atoms with Gasteiger partial charge in [-0.25, -0.2) is 9.36 Å². The van der Waals surface area contributed by atoms with E-state index in [1.54, 1.807) is 0 Å². The number of unbranched alkanes of at least 4 members (excludes halogenated alkanes) is 11. The van der Waals surface area contributed by atoms with Crippen LogP contribution in [0.15, 0.2) is 109 Å². The maximum Gasteiger partial charge on any atom is 0.472 e. The lowest BCUT2D eigenvalue weighted by Gasteiger charge is -2.18. The minimum absolute atomic E-state index is 0.108. The number of hydrogen-bond donors (Lipinski definition) is 4. The van der Waals surface area contributed by atoms with Crippen LogP contribution in [0.5, 0.6) is 0 Å². The number of allylic oxidation sites excluding steroid dienone is 18. The van der Waals surface area contributed by atoms with E-state index in [1.165, 1.54) is 12.8 Å². The smallest absolute Gasteiger partial charge is 0.472 e. The van der Waals surface area contributed by atoms with Gasteiger partial charge in [0.2, 0.25) is 5.91 Å². The quantitative estimate of drug-likeness (QED) is 0.0200. The highest BCUT2D eigenvalue weighted by Crippen LogP contribution is 2.43. The summed E-state index contributed by atoms with van der Waals surface area (Å²) in [5.41, 5.74) is 0. The Hall–Kier alpha value is -3.86. The number of ether oxygens (including phenoxy) is 1. The normalized spacial score (nSPS) is 14.6. The lowest BCUT2D eigenvalue weighted by Crippen LogP contribution is -2.43. The molecule has 0 rings (SSSR count). The summed E-state index contributed by atoms with van der Waals surface area (Å²) in [6, 6.07) is -1.57. The minimum Gasteiger partial charge on any atom is -0.480 e. The minimum atomic E-state index is -4.78. The molecule has 0 aliphatic carbocycles. The van der Waals surface area contributed by atoms with Crippen LogP contribution in [0.3, 0.4) is 0 Å². The van der Waals surface area contributed by atoms with Crippen LogP contribution in [0.25, 0.3) is 0 Å². The fourth-order valence-corrected chi connectivity index (χ4v) is 6.69. The van der Waals surface area contributed by atoms with E-state index < -0.39 is 57.6 Å². The standard InChI is InChI=1S/C52H84NO10P/c1-3-5-7-9-11-13-15-17-19-21-22-23-24-25-26-28-29-31-33-35-37-39-41-43-50(55)53-49(52(57)58)47-63-64(59,60)62-46-48(54)45-61-51(56)44-42-40-38-36-34-32-30-27-20-18-16-14-12-10-8-6-4-2/h5-8,11-14,17-20,22-23,25-26,29,31,48-49,54H,3-4,9-10,15-16,21,24,27-28,30,32-47H2,1-2H3,(H,53,55)(H,57,58)(H,59,60)/b7-5-,8-6-,13-11-,14-12-,19-17-,20-18-,23-22-,26-25-,31-29-. The van der Waals surface area contributed by atoms with Crippen LogP contribution in [0.4, 0.5) is 0 Å². The third kappa shape index (κ3) is 44.7. The largest absolute Gasteiger partial charge is 0.480 e. The molecule has 3 unspecified atom stereocenters. The molecule has 0 fully saturated rings. The Kier molecular flexibility index (Phi) is 42.9. The number of phosphoric ester groups is 1. The first kappa shape index (κ1) is 60.1. The monoisotopic (exact) mass is 914 g/mol. The topological polar surface area (TPSA) is 169 Å². The van der Waals surface area contributed by atoms with Crippen molar-refractivity contribution in [3.63, 3.8) is 0 Å². The number of esters is 1. The second kappa shape index (κ2) is 45.7. The average molecular weight is 914 g/mol. The molecule has 0 radical (unpaired) electrons. The molecule has 362 valence electrons. The first-order valence-electron chi connectivity index (χ1n) is 23.9. The van der Waals surface area contributed by atoms with Gasteiger partial charge in [-0.2, -0.15) is 0 Å². The highest BCUT2D eigenvalue weighted by Gasteiger charge is 2.28. The zero-order valence-electron chi connectivity index (χ0n) is 39.3. The van der Waals surface area contributed by atoms with E-state index in [2.05, 4.69) is 129 Å². The Bertz CT molecular complexity index is 1490. The van der Waals surface area contributed by atoms with Gasteiger partial charge in [0.05, 0.1) is 13.2 Å². The summed E-state index contributed by atoms with van der Waals surface area (Å²) in [5, 5.41) is 21.9. The van der Waals surface area contributed by atoms with E-state index in [-0.39, 0.29) is 12.8 Å². The lowest BCUT2D eigenvalue weighted by molar-refractivity contribution is -0.147. The molecule has 12 heteroatoms. The van der Waals surface area contributed by atoms with Crippen molar-refractivity contribution < 1.29 is 47.8 Å². The summed E-state index contributed by atoms with van der Waals surface area (Å²) in [5.74, 6) is -2.43. The van der Waals surface area contributed by atoms with E-state index in [0.717, 1.165) is 116 Å². The van der Waals surface area contributed by atoms with Crippen molar-refractivity contribution in [3.8, 4) is 0 Å². The van der Waals surface area contributed by atoms with Crippen LogP contribution < -0.4 is 5.32 Å². The van der Waals surface area contributed by atoms with Gasteiger partial charge in [-0.15, -0.1) is 0 Å². The van der Waals surface area contributed by atoms with Crippen molar-refractivity contribution in [1.29, 1.82) is 0 Å². The van der Waals surface area contributed by atoms with Crippen LogP contribution in [0, 0.1) is 0 Å². The zero-order chi connectivity index (χ0) is 47.0. The number of hydrogen-bond acceptors (Lipinski definition) is 8. The van der Waals surface area contributed by atoms with Crippen molar-refractivity contribution >= 4 is 25.7 Å². The number of carbonyl (C=O) groups excluding carboxylic acids is 2. The molecule has 0 heterocycles. The van der Waals surface area contributed by atoms with Gasteiger partial charge in [0.1, 0.15) is 12.7 Å². The summed E-state index contributed by atoms with van der Waals surface area (Å²) < 4.78 is 26.9. The molecule has 4 N–H and O–H groups in total. The van der Waals surface area contributed by atoms with Gasteiger partial charge < -0.3 is 25.2 Å². The molecular formula is C52H84NO10P. The van der Waals surface area contributed by atoms with Gasteiger partial charge in [-0.05, 0) is 96.3 Å². The van der Waals surface area contributed by atoms with Gasteiger partial charge >= 0.3 is 19.8 Å². The third-order valence-electron chi connectivity index (χ3n) is 9.56. The van der Waals surface area contributed by atoms with Crippen LogP contribution in [-0.2, 0) is 32.7 Å². The van der Waals surface area contributed by atoms with Gasteiger partial charge in [0, 0.05) is 12.8 Å². The van der Waals surface area contributed by atoms with E-state index >= 15 is 0 Å². The second-order valence-electron chi connectivity index (χ2n) is 15.5. The Balaban J connectivity index is 3.96. The van der Waals surface area contributed by atoms with E-state index in [1.807, 2.05) is 0 Å². The molecule has 0 aromatic heterocycles. The van der Waals surface area contributed by atoms with Gasteiger partial charge in [0.25, 0.3) is 0 Å². The molecule has 0 aromatic carbocycles. The summed E-state index contributed by atoms with van der Waals surface area (Å²) in [6.07, 6.45) is 59.6.